The first kappa shape index (κ1) is 26.2. The molecule has 1 atom stereocenters. The quantitative estimate of drug-likeness (QED) is 0.266. The molecule has 1 aromatic carbocycles. The molecule has 186 valence electrons. The molecule has 0 spiro atoms. The third kappa shape index (κ3) is 5.89. The number of anilines is 1. The predicted octanol–water partition coefficient (Wildman–Crippen LogP) is 7.52. The Bertz CT molecular complexity index is 1390. The number of aryl methyl sites for hydroxylation is 1. The number of carbonyl (C=O) groups is 1. The lowest BCUT2D eigenvalue weighted by Gasteiger charge is -2.33. The molecule has 4 rings (SSSR count). The van der Waals surface area contributed by atoms with Gasteiger partial charge in [0.2, 0.25) is 5.91 Å². The Balaban J connectivity index is 1.38. The lowest BCUT2D eigenvalue weighted by atomic mass is 9.72. The molecule has 0 aliphatic heterocycles. The summed E-state index contributed by atoms with van der Waals surface area (Å²) < 4.78 is 5.82. The van der Waals surface area contributed by atoms with Crippen molar-refractivity contribution < 1.29 is 9.21 Å². The van der Waals surface area contributed by atoms with E-state index in [1.165, 1.54) is 11.0 Å². The van der Waals surface area contributed by atoms with Crippen molar-refractivity contribution in [2.45, 2.75) is 47.0 Å². The second-order valence-corrected chi connectivity index (χ2v) is 12.0. The van der Waals surface area contributed by atoms with Crippen molar-refractivity contribution in [3.05, 3.63) is 68.8 Å². The van der Waals surface area contributed by atoms with Gasteiger partial charge in [-0.15, -0.1) is 11.3 Å². The van der Waals surface area contributed by atoms with Crippen LogP contribution in [0.3, 0.4) is 0 Å². The Labute approximate surface area is 226 Å². The highest BCUT2D eigenvalue weighted by Gasteiger charge is 2.32. The number of halogens is 1. The van der Waals surface area contributed by atoms with Crippen LogP contribution in [0.1, 0.15) is 54.5 Å². The number of nitrogens with zero attached hydrogens (tertiary/aromatic N) is 1. The van der Waals surface area contributed by atoms with Crippen LogP contribution in [-0.2, 0) is 17.6 Å². The molecule has 1 amide bonds. The van der Waals surface area contributed by atoms with Gasteiger partial charge in [0, 0.05) is 21.5 Å². The van der Waals surface area contributed by atoms with E-state index in [1.807, 2.05) is 31.2 Å². The standard InChI is InChI=1S/C28H28ClN3O2S2/c1-16-5-6-17(13-22(16)29)23-11-8-19(34-23)9-12-25(33)31-27(35)32-26-21(15-30)20-10-7-18(28(2,3)4)14-24(20)36-26/h5-6,8-9,11-13,18H,7,10,14H2,1-4H3,(H2,31,32,33,35)/b12-9+/t18-/m0/s1. The molecule has 2 heterocycles. The summed E-state index contributed by atoms with van der Waals surface area (Å²) in [5.41, 5.74) is 3.82. The fraction of sp³-hybridized carbons (Fsp3) is 0.321. The third-order valence-corrected chi connectivity index (χ3v) is 8.33. The number of benzene rings is 1. The molecule has 0 radical (unpaired) electrons. The Morgan fingerprint density at radius 3 is 2.78 bits per heavy atom. The summed E-state index contributed by atoms with van der Waals surface area (Å²) >= 11 is 13.1. The molecule has 2 N–H and O–H groups in total. The molecule has 2 aromatic heterocycles. The van der Waals surface area contributed by atoms with Crippen LogP contribution in [0.2, 0.25) is 5.02 Å². The lowest BCUT2D eigenvalue weighted by Crippen LogP contribution is -2.32. The average Bonchev–Trinajstić information content (AvgIpc) is 3.42. The number of nitriles is 1. The Hall–Kier alpha value is -2.92. The van der Waals surface area contributed by atoms with Crippen molar-refractivity contribution in [2.24, 2.45) is 11.3 Å². The highest BCUT2D eigenvalue weighted by molar-refractivity contribution is 7.80. The number of hydrogen-bond acceptors (Lipinski definition) is 5. The summed E-state index contributed by atoms with van der Waals surface area (Å²) in [7, 11) is 0. The summed E-state index contributed by atoms with van der Waals surface area (Å²) in [5.74, 6) is 1.37. The molecule has 0 saturated carbocycles. The van der Waals surface area contributed by atoms with Gasteiger partial charge >= 0.3 is 0 Å². The van der Waals surface area contributed by atoms with E-state index in [-0.39, 0.29) is 10.5 Å². The van der Waals surface area contributed by atoms with Gasteiger partial charge in [0.05, 0.1) is 5.56 Å². The maximum atomic E-state index is 12.4. The van der Waals surface area contributed by atoms with Gasteiger partial charge in [0.15, 0.2) is 5.11 Å². The highest BCUT2D eigenvalue weighted by Crippen LogP contribution is 2.44. The van der Waals surface area contributed by atoms with Gasteiger partial charge in [-0.2, -0.15) is 5.26 Å². The van der Waals surface area contributed by atoms with Crippen LogP contribution in [0.4, 0.5) is 5.00 Å². The van der Waals surface area contributed by atoms with Gasteiger partial charge in [0.25, 0.3) is 0 Å². The molecule has 36 heavy (non-hydrogen) atoms. The largest absolute Gasteiger partial charge is 0.457 e. The van der Waals surface area contributed by atoms with Crippen molar-refractivity contribution in [3.63, 3.8) is 0 Å². The maximum absolute atomic E-state index is 12.4. The van der Waals surface area contributed by atoms with Crippen LogP contribution in [0.5, 0.6) is 0 Å². The first-order valence-electron chi connectivity index (χ1n) is 11.8. The van der Waals surface area contributed by atoms with E-state index in [9.17, 15) is 10.1 Å². The SMILES string of the molecule is Cc1ccc(-c2ccc(/C=C/C(=O)NC(=S)Nc3sc4c(c3C#N)CC[C@H](C(C)(C)C)C4)o2)cc1Cl. The summed E-state index contributed by atoms with van der Waals surface area (Å²) in [6, 6.07) is 11.7. The normalized spacial score (nSPS) is 15.4. The Morgan fingerprint density at radius 2 is 2.08 bits per heavy atom. The molecule has 0 bridgehead atoms. The van der Waals surface area contributed by atoms with E-state index in [0.717, 1.165) is 36.0 Å². The van der Waals surface area contributed by atoms with Crippen LogP contribution in [0.25, 0.3) is 17.4 Å². The molecule has 5 nitrogen and oxygen atoms in total. The third-order valence-electron chi connectivity index (χ3n) is 6.55. The predicted molar refractivity (Wildman–Crippen MR) is 151 cm³/mol. The van der Waals surface area contributed by atoms with Crippen molar-refractivity contribution in [3.8, 4) is 17.4 Å². The van der Waals surface area contributed by atoms with Gasteiger partial charge in [-0.25, -0.2) is 0 Å². The molecule has 1 aliphatic carbocycles. The summed E-state index contributed by atoms with van der Waals surface area (Å²) in [4.78, 5) is 13.7. The van der Waals surface area contributed by atoms with E-state index in [4.69, 9.17) is 28.2 Å². The lowest BCUT2D eigenvalue weighted by molar-refractivity contribution is -0.115. The van der Waals surface area contributed by atoms with Crippen LogP contribution >= 0.6 is 35.2 Å². The zero-order valence-electron chi connectivity index (χ0n) is 20.7. The van der Waals surface area contributed by atoms with Crippen LogP contribution in [0.15, 0.2) is 40.8 Å². The van der Waals surface area contributed by atoms with E-state index < -0.39 is 5.91 Å². The van der Waals surface area contributed by atoms with E-state index in [2.05, 4.69) is 37.5 Å². The maximum Gasteiger partial charge on any atom is 0.250 e. The zero-order chi connectivity index (χ0) is 26.0. The highest BCUT2D eigenvalue weighted by atomic mass is 35.5. The number of fused-ring (bicyclic) bond motifs is 1. The minimum atomic E-state index is -0.392. The first-order chi connectivity index (χ1) is 17.0. The van der Waals surface area contributed by atoms with Crippen LogP contribution in [-0.4, -0.2) is 11.0 Å². The first-order valence-corrected chi connectivity index (χ1v) is 13.4. The molecule has 0 unspecified atom stereocenters. The molecule has 8 heteroatoms. The van der Waals surface area contributed by atoms with Gasteiger partial charge in [0.1, 0.15) is 22.6 Å². The van der Waals surface area contributed by atoms with Gasteiger partial charge in [-0.1, -0.05) is 44.5 Å². The van der Waals surface area contributed by atoms with Gasteiger partial charge < -0.3 is 9.73 Å². The fourth-order valence-corrected chi connectivity index (χ4v) is 6.05. The Morgan fingerprint density at radius 1 is 1.31 bits per heavy atom. The molecular weight excluding hydrogens is 510 g/mol. The van der Waals surface area contributed by atoms with Crippen molar-refractivity contribution in [2.75, 3.05) is 5.32 Å². The minimum absolute atomic E-state index is 0.154. The number of rotatable bonds is 4. The van der Waals surface area contributed by atoms with Crippen LogP contribution in [0, 0.1) is 29.6 Å². The Kier molecular flexibility index (Phi) is 7.70. The van der Waals surface area contributed by atoms with E-state index >= 15 is 0 Å². The smallest absolute Gasteiger partial charge is 0.250 e. The summed E-state index contributed by atoms with van der Waals surface area (Å²) in [6.07, 6.45) is 5.85. The molecule has 3 aromatic rings. The monoisotopic (exact) mass is 537 g/mol. The van der Waals surface area contributed by atoms with Gasteiger partial charge in [-0.05, 0) is 85.1 Å². The van der Waals surface area contributed by atoms with E-state index in [1.54, 1.807) is 23.5 Å². The molecular formula is C28H28ClN3O2S2. The number of furan rings is 1. The molecule has 0 saturated heterocycles. The van der Waals surface area contributed by atoms with Gasteiger partial charge in [-0.3, -0.25) is 10.1 Å². The number of hydrogen-bond donors (Lipinski definition) is 2. The van der Waals surface area contributed by atoms with Crippen molar-refractivity contribution in [1.29, 1.82) is 5.26 Å². The topological polar surface area (TPSA) is 78.1 Å². The zero-order valence-corrected chi connectivity index (χ0v) is 23.1. The molecule has 0 fully saturated rings. The van der Waals surface area contributed by atoms with E-state index in [0.29, 0.717) is 33.0 Å². The summed E-state index contributed by atoms with van der Waals surface area (Å²) in [5, 5.41) is 17.0. The summed E-state index contributed by atoms with van der Waals surface area (Å²) in [6.45, 7) is 8.73. The van der Waals surface area contributed by atoms with Crippen LogP contribution < -0.4 is 10.6 Å². The van der Waals surface area contributed by atoms with Crippen molar-refractivity contribution >= 4 is 57.3 Å². The second kappa shape index (κ2) is 10.6. The van der Waals surface area contributed by atoms with Crippen molar-refractivity contribution in [1.82, 2.24) is 5.32 Å². The molecule has 1 aliphatic rings. The number of thiophene rings is 1. The number of carbonyl (C=O) groups excluding carboxylic acids is 1. The second-order valence-electron chi connectivity index (χ2n) is 10.1. The number of thiocarbonyl (C=S) groups is 1. The number of nitrogens with one attached hydrogen (secondary N) is 2. The average molecular weight is 538 g/mol. The number of amides is 1. The fourth-order valence-electron chi connectivity index (χ4n) is 4.32. The minimum Gasteiger partial charge on any atom is -0.457 e.